The van der Waals surface area contributed by atoms with E-state index in [0.29, 0.717) is 0 Å². The molecule has 2 fully saturated rings. The van der Waals surface area contributed by atoms with Crippen LogP contribution in [-0.2, 0) is 4.79 Å². The summed E-state index contributed by atoms with van der Waals surface area (Å²) >= 11 is 0. The lowest BCUT2D eigenvalue weighted by atomic mass is 9.74. The van der Waals surface area contributed by atoms with Crippen molar-refractivity contribution in [3.8, 4) is 6.07 Å². The maximum Gasteiger partial charge on any atom is 0.243 e. The fourth-order valence-corrected chi connectivity index (χ4v) is 3.66. The minimum atomic E-state index is -0.685. The van der Waals surface area contributed by atoms with Gasteiger partial charge in [-0.15, -0.1) is 0 Å². The topological polar surface area (TPSA) is 44.1 Å². The van der Waals surface area contributed by atoms with Gasteiger partial charge in [-0.3, -0.25) is 4.79 Å². The average Bonchev–Trinajstić information content (AvgIpc) is 2.48. The summed E-state index contributed by atoms with van der Waals surface area (Å²) in [6, 6.07) is 2.36. The van der Waals surface area contributed by atoms with Crippen molar-refractivity contribution in [2.75, 3.05) is 13.1 Å². The van der Waals surface area contributed by atoms with Crippen LogP contribution in [0.2, 0.25) is 0 Å². The molecule has 0 atom stereocenters. The van der Waals surface area contributed by atoms with E-state index in [2.05, 4.69) is 13.0 Å². The lowest BCUT2D eigenvalue weighted by Crippen LogP contribution is -2.47. The largest absolute Gasteiger partial charge is 0.341 e. The van der Waals surface area contributed by atoms with Gasteiger partial charge in [0.2, 0.25) is 5.91 Å². The number of rotatable bonds is 3. The van der Waals surface area contributed by atoms with Crippen molar-refractivity contribution < 1.29 is 4.79 Å². The predicted octanol–water partition coefficient (Wildman–Crippen LogP) is 3.50. The van der Waals surface area contributed by atoms with Crippen LogP contribution in [0.4, 0.5) is 0 Å². The molecule has 1 aliphatic carbocycles. The molecule has 0 radical (unpaired) electrons. The zero-order valence-corrected chi connectivity index (χ0v) is 12.2. The van der Waals surface area contributed by atoms with Crippen LogP contribution in [0.25, 0.3) is 0 Å². The monoisotopic (exact) mass is 262 g/mol. The number of carbonyl (C=O) groups excluding carboxylic acids is 1. The Morgan fingerprint density at radius 2 is 1.89 bits per heavy atom. The van der Waals surface area contributed by atoms with Crippen molar-refractivity contribution in [1.82, 2.24) is 4.90 Å². The number of nitrogens with zero attached hydrogens (tertiary/aromatic N) is 2. The molecule has 19 heavy (non-hydrogen) atoms. The smallest absolute Gasteiger partial charge is 0.243 e. The number of nitriles is 1. The average molecular weight is 262 g/mol. The highest BCUT2D eigenvalue weighted by Gasteiger charge is 2.43. The van der Waals surface area contributed by atoms with Gasteiger partial charge in [-0.2, -0.15) is 5.26 Å². The minimum Gasteiger partial charge on any atom is -0.341 e. The Morgan fingerprint density at radius 3 is 2.42 bits per heavy atom. The van der Waals surface area contributed by atoms with E-state index in [1.165, 1.54) is 19.3 Å². The van der Waals surface area contributed by atoms with Crippen LogP contribution in [0, 0.1) is 22.7 Å². The first-order chi connectivity index (χ1) is 9.22. The summed E-state index contributed by atoms with van der Waals surface area (Å²) in [6.45, 7) is 3.96. The van der Waals surface area contributed by atoms with Gasteiger partial charge < -0.3 is 4.90 Å². The molecule has 1 heterocycles. The molecule has 0 aromatic carbocycles. The number of hydrogen-bond donors (Lipinski definition) is 0. The molecule has 0 spiro atoms. The summed E-state index contributed by atoms with van der Waals surface area (Å²) in [6.07, 6.45) is 9.56. The molecule has 0 aromatic heterocycles. The highest BCUT2D eigenvalue weighted by atomic mass is 16.2. The molecule has 0 aromatic rings. The standard InChI is InChI=1S/C16H26N2O/c1-2-6-14-7-11-18(12-8-14)15(19)16(13-17)9-4-3-5-10-16/h14H,2-12H2,1H3. The number of likely N-dealkylation sites (tertiary alicyclic amines) is 1. The second-order valence-electron chi connectivity index (χ2n) is 6.28. The van der Waals surface area contributed by atoms with Crippen LogP contribution >= 0.6 is 0 Å². The first-order valence-electron chi connectivity index (χ1n) is 7.92. The van der Waals surface area contributed by atoms with Crippen LogP contribution in [0.5, 0.6) is 0 Å². The molecule has 1 aliphatic heterocycles. The highest BCUT2D eigenvalue weighted by molar-refractivity contribution is 5.85. The molecule has 1 saturated heterocycles. The maximum atomic E-state index is 12.7. The van der Waals surface area contributed by atoms with Gasteiger partial charge in [0, 0.05) is 13.1 Å². The molecule has 1 saturated carbocycles. The fraction of sp³-hybridized carbons (Fsp3) is 0.875. The zero-order chi connectivity index (χ0) is 13.7. The fourth-order valence-electron chi connectivity index (χ4n) is 3.66. The summed E-state index contributed by atoms with van der Waals surface area (Å²) in [7, 11) is 0. The van der Waals surface area contributed by atoms with E-state index in [-0.39, 0.29) is 5.91 Å². The lowest BCUT2D eigenvalue weighted by Gasteiger charge is -2.38. The van der Waals surface area contributed by atoms with Gasteiger partial charge in [-0.05, 0) is 31.6 Å². The Bertz CT molecular complexity index is 344. The van der Waals surface area contributed by atoms with Crippen molar-refractivity contribution in [2.24, 2.45) is 11.3 Å². The second kappa shape index (κ2) is 6.41. The molecule has 106 valence electrons. The summed E-state index contributed by atoms with van der Waals surface area (Å²) in [4.78, 5) is 14.6. The molecule has 2 rings (SSSR count). The van der Waals surface area contributed by atoms with Crippen molar-refractivity contribution in [1.29, 1.82) is 5.26 Å². The summed E-state index contributed by atoms with van der Waals surface area (Å²) in [5, 5.41) is 9.48. The molecule has 0 bridgehead atoms. The Kier molecular flexibility index (Phi) is 4.85. The lowest BCUT2D eigenvalue weighted by molar-refractivity contribution is -0.142. The molecule has 0 unspecified atom stereocenters. The number of carbonyl (C=O) groups is 1. The van der Waals surface area contributed by atoms with Gasteiger partial charge >= 0.3 is 0 Å². The summed E-state index contributed by atoms with van der Waals surface area (Å²) in [5.41, 5.74) is -0.685. The van der Waals surface area contributed by atoms with Gasteiger partial charge in [0.1, 0.15) is 5.41 Å². The van der Waals surface area contributed by atoms with E-state index < -0.39 is 5.41 Å². The summed E-state index contributed by atoms with van der Waals surface area (Å²) in [5.74, 6) is 0.920. The SMILES string of the molecule is CCCC1CCN(C(=O)C2(C#N)CCCCC2)CC1. The van der Waals surface area contributed by atoms with Crippen LogP contribution in [0.1, 0.15) is 64.7 Å². The van der Waals surface area contributed by atoms with Crippen LogP contribution in [0.15, 0.2) is 0 Å². The predicted molar refractivity (Wildman–Crippen MR) is 75.3 cm³/mol. The Labute approximate surface area is 117 Å². The Morgan fingerprint density at radius 1 is 1.26 bits per heavy atom. The van der Waals surface area contributed by atoms with Crippen molar-refractivity contribution >= 4 is 5.91 Å². The summed E-state index contributed by atoms with van der Waals surface area (Å²) < 4.78 is 0. The van der Waals surface area contributed by atoms with Crippen molar-refractivity contribution in [2.45, 2.75) is 64.7 Å². The van der Waals surface area contributed by atoms with Crippen molar-refractivity contribution in [3.05, 3.63) is 0 Å². The quantitative estimate of drug-likeness (QED) is 0.781. The van der Waals surface area contributed by atoms with Gasteiger partial charge in [0.15, 0.2) is 0 Å². The van der Waals surface area contributed by atoms with Gasteiger partial charge in [-0.1, -0.05) is 39.0 Å². The Hall–Kier alpha value is -1.04. The van der Waals surface area contributed by atoms with E-state index in [0.717, 1.165) is 57.5 Å². The number of hydrogen-bond acceptors (Lipinski definition) is 2. The van der Waals surface area contributed by atoms with E-state index in [1.807, 2.05) is 4.90 Å². The first-order valence-corrected chi connectivity index (χ1v) is 7.92. The van der Waals surface area contributed by atoms with Crippen LogP contribution < -0.4 is 0 Å². The molecular weight excluding hydrogens is 236 g/mol. The number of amides is 1. The molecule has 3 nitrogen and oxygen atoms in total. The van der Waals surface area contributed by atoms with E-state index in [9.17, 15) is 10.1 Å². The third-order valence-electron chi connectivity index (χ3n) is 4.93. The molecule has 0 N–H and O–H groups in total. The van der Waals surface area contributed by atoms with Crippen LogP contribution in [0.3, 0.4) is 0 Å². The number of piperidine rings is 1. The van der Waals surface area contributed by atoms with Gasteiger partial charge in [0.05, 0.1) is 6.07 Å². The van der Waals surface area contributed by atoms with E-state index in [1.54, 1.807) is 0 Å². The van der Waals surface area contributed by atoms with Gasteiger partial charge in [-0.25, -0.2) is 0 Å². The first kappa shape index (κ1) is 14.4. The Balaban J connectivity index is 1.95. The third-order valence-corrected chi connectivity index (χ3v) is 4.93. The van der Waals surface area contributed by atoms with Gasteiger partial charge in [0.25, 0.3) is 0 Å². The highest BCUT2D eigenvalue weighted by Crippen LogP contribution is 2.38. The van der Waals surface area contributed by atoms with E-state index in [4.69, 9.17) is 0 Å². The van der Waals surface area contributed by atoms with E-state index >= 15 is 0 Å². The third kappa shape index (κ3) is 3.11. The molecule has 1 amide bonds. The second-order valence-corrected chi connectivity index (χ2v) is 6.28. The van der Waals surface area contributed by atoms with Crippen LogP contribution in [-0.4, -0.2) is 23.9 Å². The minimum absolute atomic E-state index is 0.129. The zero-order valence-electron chi connectivity index (χ0n) is 12.2. The van der Waals surface area contributed by atoms with Crippen molar-refractivity contribution in [3.63, 3.8) is 0 Å². The molecule has 3 heteroatoms. The molecule has 2 aliphatic rings. The normalized spacial score (nSPS) is 23.9. The molecular formula is C16H26N2O. The maximum absolute atomic E-state index is 12.7.